The van der Waals surface area contributed by atoms with Crippen LogP contribution in [0.5, 0.6) is 0 Å². The monoisotopic (exact) mass is 345 g/mol. The van der Waals surface area contributed by atoms with Crippen LogP contribution in [0.1, 0.15) is 20.7 Å². The molecule has 1 aromatic carbocycles. The molecule has 0 N–H and O–H groups in total. The number of amides is 2. The highest BCUT2D eigenvalue weighted by Crippen LogP contribution is 2.23. The van der Waals surface area contributed by atoms with Gasteiger partial charge in [0.05, 0.1) is 11.1 Å². The molecule has 2 rings (SSSR count). The number of carbonyl (C=O) groups is 2. The van der Waals surface area contributed by atoms with Gasteiger partial charge in [-0.25, -0.2) is 0 Å². The molecule has 1 aromatic rings. The van der Waals surface area contributed by atoms with E-state index in [2.05, 4.69) is 31.9 Å². The lowest BCUT2D eigenvalue weighted by Crippen LogP contribution is -2.35. The summed E-state index contributed by atoms with van der Waals surface area (Å²) >= 11 is 6.69. The number of imide groups is 1. The normalized spacial score (nSPS) is 16.5. The van der Waals surface area contributed by atoms with Crippen molar-refractivity contribution < 1.29 is 9.59 Å². The second-order valence-electron chi connectivity index (χ2n) is 3.52. The zero-order chi connectivity index (χ0) is 11.7. The maximum Gasteiger partial charge on any atom is 0.261 e. The van der Waals surface area contributed by atoms with Gasteiger partial charge in [0.2, 0.25) is 0 Å². The highest BCUT2D eigenvalue weighted by atomic mass is 79.9. The van der Waals surface area contributed by atoms with Crippen LogP contribution in [0.2, 0.25) is 0 Å². The van der Waals surface area contributed by atoms with Crippen molar-refractivity contribution in [1.82, 2.24) is 4.90 Å². The Balaban J connectivity index is 2.28. The fourth-order valence-electron chi connectivity index (χ4n) is 1.65. The Kier molecular flexibility index (Phi) is 3.44. The molecule has 16 heavy (non-hydrogen) atoms. The average Bonchev–Trinajstić information content (AvgIpc) is 2.55. The lowest BCUT2D eigenvalue weighted by atomic mass is 10.1. The molecule has 0 radical (unpaired) electrons. The smallest absolute Gasteiger partial charge is 0.261 e. The topological polar surface area (TPSA) is 37.4 Å². The van der Waals surface area contributed by atoms with Gasteiger partial charge in [-0.3, -0.25) is 14.5 Å². The summed E-state index contributed by atoms with van der Waals surface area (Å²) in [5.74, 6) is -0.406. The van der Waals surface area contributed by atoms with Gasteiger partial charge in [0.1, 0.15) is 0 Å². The molecule has 0 saturated heterocycles. The van der Waals surface area contributed by atoms with E-state index in [1.54, 1.807) is 24.3 Å². The fourth-order valence-corrected chi connectivity index (χ4v) is 2.15. The predicted octanol–water partition coefficient (Wildman–Crippen LogP) is 2.44. The Labute approximate surface area is 110 Å². The number of halogens is 2. The number of nitrogens with zero attached hydrogens (tertiary/aromatic N) is 1. The van der Waals surface area contributed by atoms with E-state index in [0.29, 0.717) is 23.0 Å². The number of benzene rings is 1. The molecule has 0 aromatic heterocycles. The summed E-state index contributed by atoms with van der Waals surface area (Å²) in [6.45, 7) is 0.387. The Morgan fingerprint density at radius 3 is 2.06 bits per heavy atom. The van der Waals surface area contributed by atoms with Gasteiger partial charge < -0.3 is 0 Å². The van der Waals surface area contributed by atoms with Crippen LogP contribution in [0.15, 0.2) is 24.3 Å². The second kappa shape index (κ2) is 4.67. The molecule has 0 spiro atoms. The van der Waals surface area contributed by atoms with E-state index >= 15 is 0 Å². The lowest BCUT2D eigenvalue weighted by Gasteiger charge is -2.16. The van der Waals surface area contributed by atoms with Gasteiger partial charge in [0.25, 0.3) is 11.8 Å². The molecule has 0 unspecified atom stereocenters. The number of alkyl halides is 2. The van der Waals surface area contributed by atoms with Gasteiger partial charge in [-0.15, -0.1) is 0 Å². The number of carbonyl (C=O) groups excluding carboxylic acids is 2. The van der Waals surface area contributed by atoms with Gasteiger partial charge in [-0.05, 0) is 12.1 Å². The summed E-state index contributed by atoms with van der Waals surface area (Å²) in [6, 6.07) is 6.91. The lowest BCUT2D eigenvalue weighted by molar-refractivity contribution is 0.0657. The van der Waals surface area contributed by atoms with Gasteiger partial charge in [0, 0.05) is 16.7 Å². The first-order valence-electron chi connectivity index (χ1n) is 4.80. The first-order chi connectivity index (χ1) is 7.65. The minimum absolute atomic E-state index is 0.0784. The fraction of sp³-hybridized carbons (Fsp3) is 0.273. The molecule has 84 valence electrons. The van der Waals surface area contributed by atoms with Crippen LogP contribution in [0.25, 0.3) is 0 Å². The van der Waals surface area contributed by atoms with Gasteiger partial charge in [-0.1, -0.05) is 44.0 Å². The van der Waals surface area contributed by atoms with Gasteiger partial charge in [-0.2, -0.15) is 0 Å². The van der Waals surface area contributed by atoms with Crippen LogP contribution in [0, 0.1) is 0 Å². The first-order valence-corrected chi connectivity index (χ1v) is 6.84. The zero-order valence-corrected chi connectivity index (χ0v) is 11.5. The van der Waals surface area contributed by atoms with E-state index in [1.165, 1.54) is 4.90 Å². The molecular weight excluding hydrogens is 338 g/mol. The maximum absolute atomic E-state index is 11.9. The molecule has 1 aliphatic heterocycles. The molecule has 1 atom stereocenters. The quantitative estimate of drug-likeness (QED) is 0.622. The number of hydrogen-bond acceptors (Lipinski definition) is 2. The van der Waals surface area contributed by atoms with Crippen molar-refractivity contribution in [3.05, 3.63) is 35.4 Å². The molecule has 5 heteroatoms. The Hall–Kier alpha value is -0.680. The average molecular weight is 347 g/mol. The van der Waals surface area contributed by atoms with Crippen molar-refractivity contribution >= 4 is 43.7 Å². The minimum Gasteiger partial charge on any atom is -0.273 e. The number of fused-ring (bicyclic) bond motifs is 1. The largest absolute Gasteiger partial charge is 0.273 e. The predicted molar refractivity (Wildman–Crippen MR) is 68.3 cm³/mol. The van der Waals surface area contributed by atoms with E-state index in [9.17, 15) is 9.59 Å². The van der Waals surface area contributed by atoms with E-state index in [4.69, 9.17) is 0 Å². The Bertz CT molecular complexity index is 412. The van der Waals surface area contributed by atoms with Crippen LogP contribution in [0.4, 0.5) is 0 Å². The third-order valence-electron chi connectivity index (χ3n) is 2.43. The minimum atomic E-state index is -0.203. The standard InChI is InChI=1S/C11H9Br2NO2/c12-5-7(13)6-14-10(15)8-3-1-2-4-9(8)11(14)16/h1-4,7H,5-6H2/t7-/m0/s1. The van der Waals surface area contributed by atoms with Crippen LogP contribution >= 0.6 is 31.9 Å². The van der Waals surface area contributed by atoms with Crippen molar-refractivity contribution in [2.75, 3.05) is 11.9 Å². The second-order valence-corrected chi connectivity index (χ2v) is 5.46. The summed E-state index contributed by atoms with van der Waals surface area (Å²) in [5, 5.41) is 0.695. The molecular formula is C11H9Br2NO2. The first kappa shape index (κ1) is 11.8. The molecule has 1 aliphatic rings. The van der Waals surface area contributed by atoms with Crippen LogP contribution in [0.3, 0.4) is 0 Å². The van der Waals surface area contributed by atoms with E-state index in [1.807, 2.05) is 0 Å². The van der Waals surface area contributed by atoms with Crippen molar-refractivity contribution in [1.29, 1.82) is 0 Å². The third-order valence-corrected chi connectivity index (χ3v) is 4.69. The van der Waals surface area contributed by atoms with Gasteiger partial charge >= 0.3 is 0 Å². The van der Waals surface area contributed by atoms with E-state index < -0.39 is 0 Å². The van der Waals surface area contributed by atoms with Crippen molar-refractivity contribution in [3.63, 3.8) is 0 Å². The SMILES string of the molecule is O=C1c2ccccc2C(=O)N1C[C@@H](Br)CBr. The third kappa shape index (κ3) is 1.94. The molecule has 3 nitrogen and oxygen atoms in total. The summed E-state index contributed by atoms with van der Waals surface area (Å²) in [5.41, 5.74) is 1.00. The summed E-state index contributed by atoms with van der Waals surface area (Å²) in [7, 11) is 0. The van der Waals surface area contributed by atoms with Gasteiger partial charge in [0.15, 0.2) is 0 Å². The van der Waals surface area contributed by atoms with E-state index in [0.717, 1.165) is 0 Å². The highest BCUT2D eigenvalue weighted by molar-refractivity contribution is 9.12. The molecule has 1 heterocycles. The summed E-state index contributed by atoms with van der Waals surface area (Å²) in [4.78, 5) is 25.2. The molecule has 0 saturated carbocycles. The number of rotatable bonds is 3. The van der Waals surface area contributed by atoms with Crippen molar-refractivity contribution in [2.24, 2.45) is 0 Å². The zero-order valence-electron chi connectivity index (χ0n) is 8.32. The highest BCUT2D eigenvalue weighted by Gasteiger charge is 2.35. The van der Waals surface area contributed by atoms with Crippen LogP contribution < -0.4 is 0 Å². The van der Waals surface area contributed by atoms with Crippen LogP contribution in [-0.2, 0) is 0 Å². The Morgan fingerprint density at radius 1 is 1.12 bits per heavy atom. The van der Waals surface area contributed by atoms with E-state index in [-0.39, 0.29) is 16.6 Å². The summed E-state index contributed by atoms with van der Waals surface area (Å²) < 4.78 is 0. The number of hydrogen-bond donors (Lipinski definition) is 0. The molecule has 0 bridgehead atoms. The summed E-state index contributed by atoms with van der Waals surface area (Å²) in [6.07, 6.45) is 0. The van der Waals surface area contributed by atoms with Crippen molar-refractivity contribution in [2.45, 2.75) is 4.83 Å². The molecule has 2 amide bonds. The molecule has 0 fully saturated rings. The maximum atomic E-state index is 11.9. The van der Waals surface area contributed by atoms with Crippen LogP contribution in [-0.4, -0.2) is 33.4 Å². The Morgan fingerprint density at radius 2 is 1.62 bits per heavy atom. The molecule has 0 aliphatic carbocycles. The van der Waals surface area contributed by atoms with Crippen molar-refractivity contribution in [3.8, 4) is 0 Å².